The van der Waals surface area contributed by atoms with Gasteiger partial charge in [0, 0.05) is 0 Å². The van der Waals surface area contributed by atoms with Crippen molar-refractivity contribution < 1.29 is 26.4 Å². The number of nitrogens with one attached hydrogen (secondary N) is 1. The Kier molecular flexibility index (Phi) is 4.32. The number of hydrogen-bond donors (Lipinski definition) is 2. The zero-order valence-corrected chi connectivity index (χ0v) is 14.2. The molecule has 0 aliphatic carbocycles. The number of fused-ring (bicyclic) bond motifs is 1. The molecule has 26 heavy (non-hydrogen) atoms. The maximum absolute atomic E-state index is 12.9. The minimum atomic E-state index is -4.73. The number of carbonyl (C=O) groups excluding carboxylic acids is 1. The van der Waals surface area contributed by atoms with Crippen LogP contribution in [0.5, 0.6) is 0 Å². The Morgan fingerprint density at radius 2 is 1.88 bits per heavy atom. The van der Waals surface area contributed by atoms with Gasteiger partial charge < -0.3 is 5.73 Å². The van der Waals surface area contributed by atoms with Crippen LogP contribution >= 0.6 is 11.7 Å². The van der Waals surface area contributed by atoms with Crippen LogP contribution in [0.2, 0.25) is 0 Å². The van der Waals surface area contributed by atoms with E-state index in [0.717, 1.165) is 17.8 Å². The van der Waals surface area contributed by atoms with E-state index in [2.05, 4.69) is 8.75 Å². The Morgan fingerprint density at radius 1 is 1.15 bits per heavy atom. The monoisotopic (exact) mass is 402 g/mol. The molecule has 3 N–H and O–H groups in total. The van der Waals surface area contributed by atoms with Crippen LogP contribution in [0.1, 0.15) is 15.9 Å². The molecule has 12 heteroatoms. The third-order valence-corrected chi connectivity index (χ3v) is 5.33. The number of hydrogen-bond acceptors (Lipinski definition) is 6. The molecule has 0 bridgehead atoms. The Labute approximate surface area is 149 Å². The number of halogens is 3. The van der Waals surface area contributed by atoms with Crippen molar-refractivity contribution in [3.63, 3.8) is 0 Å². The molecule has 7 nitrogen and oxygen atoms in total. The van der Waals surface area contributed by atoms with Crippen molar-refractivity contribution in [2.75, 3.05) is 4.72 Å². The molecule has 2 aromatic carbocycles. The molecule has 0 spiro atoms. The second kappa shape index (κ2) is 6.21. The molecule has 3 rings (SSSR count). The van der Waals surface area contributed by atoms with E-state index in [0.29, 0.717) is 17.6 Å². The number of nitrogens with zero attached hydrogens (tertiary/aromatic N) is 2. The van der Waals surface area contributed by atoms with Gasteiger partial charge in [0.2, 0.25) is 0 Å². The topological polar surface area (TPSA) is 115 Å². The van der Waals surface area contributed by atoms with Crippen LogP contribution in [0.3, 0.4) is 0 Å². The van der Waals surface area contributed by atoms with E-state index >= 15 is 0 Å². The van der Waals surface area contributed by atoms with Gasteiger partial charge in [-0.05, 0) is 30.3 Å². The third kappa shape index (κ3) is 3.32. The van der Waals surface area contributed by atoms with E-state index in [1.807, 2.05) is 4.72 Å². The average Bonchev–Trinajstić information content (AvgIpc) is 3.01. The normalized spacial score (nSPS) is 12.3. The molecule has 0 saturated heterocycles. The summed E-state index contributed by atoms with van der Waals surface area (Å²) in [6.45, 7) is 0. The van der Waals surface area contributed by atoms with E-state index in [1.165, 1.54) is 18.2 Å². The minimum absolute atomic E-state index is 0.0672. The molecule has 136 valence electrons. The summed E-state index contributed by atoms with van der Waals surface area (Å²) in [5, 5.41) is 0. The van der Waals surface area contributed by atoms with Crippen molar-refractivity contribution in [2.24, 2.45) is 5.73 Å². The summed E-state index contributed by atoms with van der Waals surface area (Å²) in [7, 11) is -4.35. The maximum atomic E-state index is 12.9. The molecule has 0 aliphatic heterocycles. The van der Waals surface area contributed by atoms with E-state index < -0.39 is 38.9 Å². The number of sulfonamides is 1. The summed E-state index contributed by atoms with van der Waals surface area (Å²) < 4.78 is 73.8. The lowest BCUT2D eigenvalue weighted by Gasteiger charge is -2.14. The molecule has 0 unspecified atom stereocenters. The highest BCUT2D eigenvalue weighted by Gasteiger charge is 2.32. The van der Waals surface area contributed by atoms with Crippen LogP contribution in [0.15, 0.2) is 41.3 Å². The Bertz CT molecular complexity index is 1110. The predicted octanol–water partition coefficient (Wildman–Crippen LogP) is 2.61. The van der Waals surface area contributed by atoms with Gasteiger partial charge in [-0.1, -0.05) is 6.07 Å². The number of nitrogens with two attached hydrogens (primary N) is 1. The molecule has 0 saturated carbocycles. The lowest BCUT2D eigenvalue weighted by molar-refractivity contribution is -0.137. The van der Waals surface area contributed by atoms with Gasteiger partial charge in [-0.3, -0.25) is 9.52 Å². The molecular weight excluding hydrogens is 393 g/mol. The smallest absolute Gasteiger partial charge is 0.366 e. The van der Waals surface area contributed by atoms with Crippen molar-refractivity contribution in [3.8, 4) is 0 Å². The molecule has 1 aromatic heterocycles. The summed E-state index contributed by atoms with van der Waals surface area (Å²) in [5.41, 5.74) is 3.41. The highest BCUT2D eigenvalue weighted by atomic mass is 32.2. The summed E-state index contributed by atoms with van der Waals surface area (Å²) in [5.74, 6) is -1.08. The highest BCUT2D eigenvalue weighted by Crippen LogP contribution is 2.33. The lowest BCUT2D eigenvalue weighted by Crippen LogP contribution is -2.20. The van der Waals surface area contributed by atoms with Crippen LogP contribution in [0, 0.1) is 0 Å². The molecule has 0 atom stereocenters. The number of benzene rings is 2. The van der Waals surface area contributed by atoms with Crippen molar-refractivity contribution in [1.82, 2.24) is 8.75 Å². The largest absolute Gasteiger partial charge is 0.416 e. The second-order valence-electron chi connectivity index (χ2n) is 5.12. The van der Waals surface area contributed by atoms with Gasteiger partial charge in [0.05, 0.1) is 28.5 Å². The third-order valence-electron chi connectivity index (χ3n) is 3.40. The zero-order chi connectivity index (χ0) is 19.1. The second-order valence-corrected chi connectivity index (χ2v) is 7.30. The number of amides is 1. The molecule has 3 aromatic rings. The van der Waals surface area contributed by atoms with Gasteiger partial charge in [0.25, 0.3) is 15.9 Å². The van der Waals surface area contributed by atoms with Crippen LogP contribution in [0.4, 0.5) is 18.9 Å². The first-order chi connectivity index (χ1) is 12.1. The fourth-order valence-electron chi connectivity index (χ4n) is 2.22. The maximum Gasteiger partial charge on any atom is 0.416 e. The van der Waals surface area contributed by atoms with E-state index in [9.17, 15) is 26.4 Å². The number of rotatable bonds is 4. The highest BCUT2D eigenvalue weighted by molar-refractivity contribution is 7.93. The van der Waals surface area contributed by atoms with Gasteiger partial charge in [0.1, 0.15) is 15.9 Å². The molecule has 0 radical (unpaired) electrons. The number of primary amides is 1. The first-order valence-electron chi connectivity index (χ1n) is 6.85. The predicted molar refractivity (Wildman–Crippen MR) is 88.2 cm³/mol. The molecule has 0 fully saturated rings. The summed E-state index contributed by atoms with van der Waals surface area (Å²) in [6, 6.07) is 6.15. The lowest BCUT2D eigenvalue weighted by atomic mass is 10.1. The number of anilines is 1. The van der Waals surface area contributed by atoms with Gasteiger partial charge in [0.15, 0.2) is 0 Å². The van der Waals surface area contributed by atoms with Gasteiger partial charge in [-0.2, -0.15) is 21.9 Å². The van der Waals surface area contributed by atoms with Crippen molar-refractivity contribution in [2.45, 2.75) is 11.1 Å². The first-order valence-corrected chi connectivity index (χ1v) is 9.06. The van der Waals surface area contributed by atoms with Gasteiger partial charge >= 0.3 is 6.18 Å². The van der Waals surface area contributed by atoms with Crippen molar-refractivity contribution in [1.29, 1.82) is 0 Å². The summed E-state index contributed by atoms with van der Waals surface area (Å²) in [6.07, 6.45) is -4.73. The molecule has 0 aliphatic rings. The first kappa shape index (κ1) is 18.1. The SMILES string of the molecule is NC(=O)c1ccc(C(F)(F)F)cc1NS(=O)(=O)c1cccc2nsnc12. The van der Waals surface area contributed by atoms with E-state index in [1.54, 1.807) is 0 Å². The van der Waals surface area contributed by atoms with Crippen LogP contribution in [-0.4, -0.2) is 23.1 Å². The van der Waals surface area contributed by atoms with Crippen LogP contribution < -0.4 is 10.5 Å². The Balaban J connectivity index is 2.12. The Morgan fingerprint density at radius 3 is 2.54 bits per heavy atom. The Hall–Kier alpha value is -2.73. The number of alkyl halides is 3. The minimum Gasteiger partial charge on any atom is -0.366 e. The van der Waals surface area contributed by atoms with Crippen molar-refractivity contribution >= 4 is 44.4 Å². The standard InChI is InChI=1S/C14H9F3N4O3S2/c15-14(16,17)7-4-5-8(13(18)22)10(6-7)21-26(23,24)11-3-1-2-9-12(11)20-25-19-9/h1-6,21H,(H2,18,22). The zero-order valence-electron chi connectivity index (χ0n) is 12.6. The fraction of sp³-hybridized carbons (Fsp3) is 0.0714. The van der Waals surface area contributed by atoms with E-state index in [4.69, 9.17) is 5.73 Å². The number of carbonyl (C=O) groups is 1. The quantitative estimate of drug-likeness (QED) is 0.696. The molecular formula is C14H9F3N4O3S2. The molecule has 1 heterocycles. The summed E-state index contributed by atoms with van der Waals surface area (Å²) >= 11 is 0.788. The van der Waals surface area contributed by atoms with E-state index in [-0.39, 0.29) is 10.4 Å². The van der Waals surface area contributed by atoms with Gasteiger partial charge in [-0.15, -0.1) is 0 Å². The van der Waals surface area contributed by atoms with Crippen molar-refractivity contribution in [3.05, 3.63) is 47.5 Å². The van der Waals surface area contributed by atoms with Crippen LogP contribution in [-0.2, 0) is 16.2 Å². The summed E-state index contributed by atoms with van der Waals surface area (Å²) in [4.78, 5) is 11.2. The van der Waals surface area contributed by atoms with Crippen LogP contribution in [0.25, 0.3) is 11.0 Å². The fourth-order valence-corrected chi connectivity index (χ4v) is 4.06. The van der Waals surface area contributed by atoms with Gasteiger partial charge in [-0.25, -0.2) is 8.42 Å². The number of aromatic nitrogens is 2. The molecule has 1 amide bonds. The average molecular weight is 402 g/mol.